The van der Waals surface area contributed by atoms with Crippen LogP contribution in [0, 0.1) is 5.92 Å². The van der Waals surface area contributed by atoms with Crippen molar-refractivity contribution in [2.24, 2.45) is 5.92 Å². The predicted octanol–water partition coefficient (Wildman–Crippen LogP) is 4.63. The lowest BCUT2D eigenvalue weighted by Crippen LogP contribution is -2.11. The monoisotopic (exact) mass is 260 g/mol. The van der Waals surface area contributed by atoms with Crippen molar-refractivity contribution < 1.29 is 9.53 Å². The van der Waals surface area contributed by atoms with Crippen LogP contribution in [0.5, 0.6) is 5.75 Å². The van der Waals surface area contributed by atoms with E-state index in [0.717, 1.165) is 30.3 Å². The third-order valence-corrected chi connectivity index (χ3v) is 4.02. The molecule has 0 aromatic heterocycles. The quantitative estimate of drug-likeness (QED) is 0.697. The normalized spacial score (nSPS) is 16.3. The van der Waals surface area contributed by atoms with Gasteiger partial charge in [-0.05, 0) is 24.5 Å². The van der Waals surface area contributed by atoms with Gasteiger partial charge in [0, 0.05) is 6.42 Å². The van der Waals surface area contributed by atoms with Gasteiger partial charge >= 0.3 is 0 Å². The molecule has 0 radical (unpaired) electrons. The second-order valence-corrected chi connectivity index (χ2v) is 5.41. The van der Waals surface area contributed by atoms with Gasteiger partial charge in [-0.25, -0.2) is 0 Å². The number of ether oxygens (including phenoxy) is 1. The zero-order chi connectivity index (χ0) is 13.5. The van der Waals surface area contributed by atoms with Crippen molar-refractivity contribution in [3.63, 3.8) is 0 Å². The number of carbonyl (C=O) groups excluding carboxylic acids is 1. The average molecular weight is 260 g/mol. The van der Waals surface area contributed by atoms with Crippen LogP contribution in [0.1, 0.15) is 62.2 Å². The molecule has 0 unspecified atom stereocenters. The van der Waals surface area contributed by atoms with Crippen molar-refractivity contribution in [2.45, 2.75) is 51.9 Å². The maximum absolute atomic E-state index is 11.8. The number of Topliss-reactive ketones (excluding diaryl/α,β-unsaturated/α-hetero) is 1. The van der Waals surface area contributed by atoms with Crippen LogP contribution in [0.2, 0.25) is 0 Å². The zero-order valence-electron chi connectivity index (χ0n) is 11.9. The number of hydrogen-bond donors (Lipinski definition) is 0. The van der Waals surface area contributed by atoms with Crippen LogP contribution in [0.4, 0.5) is 0 Å². The molecule has 2 rings (SSSR count). The molecule has 0 saturated heterocycles. The molecule has 0 bridgehead atoms. The first-order chi connectivity index (χ1) is 9.31. The van der Waals surface area contributed by atoms with E-state index < -0.39 is 0 Å². The fourth-order valence-electron chi connectivity index (χ4n) is 2.82. The summed E-state index contributed by atoms with van der Waals surface area (Å²) in [6.07, 6.45) is 8.48. The molecule has 0 heterocycles. The first-order valence-electron chi connectivity index (χ1n) is 7.56. The van der Waals surface area contributed by atoms with Gasteiger partial charge in [-0.3, -0.25) is 4.79 Å². The molecule has 1 aromatic carbocycles. The molecule has 2 heteroatoms. The van der Waals surface area contributed by atoms with Crippen LogP contribution in [0.3, 0.4) is 0 Å². The van der Waals surface area contributed by atoms with E-state index >= 15 is 0 Å². The minimum absolute atomic E-state index is 0.160. The molecule has 0 N–H and O–H groups in total. The summed E-state index contributed by atoms with van der Waals surface area (Å²) in [5.74, 6) is 1.74. The van der Waals surface area contributed by atoms with E-state index in [9.17, 15) is 4.79 Å². The molecular weight excluding hydrogens is 236 g/mol. The van der Waals surface area contributed by atoms with Crippen molar-refractivity contribution in [3.05, 3.63) is 29.8 Å². The first-order valence-corrected chi connectivity index (χ1v) is 7.56. The van der Waals surface area contributed by atoms with Gasteiger partial charge in [-0.1, -0.05) is 51.2 Å². The largest absolute Gasteiger partial charge is 0.493 e. The molecule has 104 valence electrons. The number of rotatable bonds is 6. The molecule has 1 aliphatic rings. The van der Waals surface area contributed by atoms with E-state index in [1.807, 2.05) is 31.2 Å². The molecule has 1 fully saturated rings. The molecule has 0 spiro atoms. The Labute approximate surface area is 116 Å². The predicted molar refractivity (Wildman–Crippen MR) is 77.8 cm³/mol. The van der Waals surface area contributed by atoms with Crippen molar-refractivity contribution in [3.8, 4) is 5.75 Å². The minimum Gasteiger partial charge on any atom is -0.493 e. The van der Waals surface area contributed by atoms with E-state index in [0.29, 0.717) is 6.42 Å². The summed E-state index contributed by atoms with van der Waals surface area (Å²) in [5, 5.41) is 0. The van der Waals surface area contributed by atoms with Gasteiger partial charge in [0.2, 0.25) is 0 Å². The number of carbonyl (C=O) groups is 1. The highest BCUT2D eigenvalue weighted by molar-refractivity contribution is 5.98. The van der Waals surface area contributed by atoms with Crippen molar-refractivity contribution >= 4 is 5.78 Å². The Kier molecular flexibility index (Phi) is 5.44. The van der Waals surface area contributed by atoms with Crippen LogP contribution in [0.25, 0.3) is 0 Å². The third kappa shape index (κ3) is 4.09. The molecule has 19 heavy (non-hydrogen) atoms. The van der Waals surface area contributed by atoms with Crippen molar-refractivity contribution in [1.82, 2.24) is 0 Å². The lowest BCUT2D eigenvalue weighted by atomic mass is 9.87. The van der Waals surface area contributed by atoms with E-state index in [-0.39, 0.29) is 5.78 Å². The molecule has 0 atom stereocenters. The van der Waals surface area contributed by atoms with Gasteiger partial charge in [-0.2, -0.15) is 0 Å². The van der Waals surface area contributed by atoms with Crippen LogP contribution in [0.15, 0.2) is 24.3 Å². The number of ketones is 1. The van der Waals surface area contributed by atoms with E-state index in [1.54, 1.807) is 0 Å². The Hall–Kier alpha value is -1.31. The number of hydrogen-bond acceptors (Lipinski definition) is 2. The summed E-state index contributed by atoms with van der Waals surface area (Å²) < 4.78 is 5.84. The molecule has 1 aliphatic carbocycles. The zero-order valence-corrected chi connectivity index (χ0v) is 11.9. The second-order valence-electron chi connectivity index (χ2n) is 5.41. The lowest BCUT2D eigenvalue weighted by Gasteiger charge is -2.21. The molecular formula is C17H24O2. The van der Waals surface area contributed by atoms with Gasteiger partial charge in [0.05, 0.1) is 12.2 Å². The van der Waals surface area contributed by atoms with Crippen LogP contribution >= 0.6 is 0 Å². The Balaban J connectivity index is 1.86. The van der Waals surface area contributed by atoms with E-state index in [1.165, 1.54) is 32.1 Å². The highest BCUT2D eigenvalue weighted by atomic mass is 16.5. The smallest absolute Gasteiger partial charge is 0.166 e. The highest BCUT2D eigenvalue weighted by Gasteiger charge is 2.14. The molecule has 0 amide bonds. The number of benzene rings is 1. The SMILES string of the molecule is CCC(=O)c1ccccc1OCCC1CCCCC1. The fraction of sp³-hybridized carbons (Fsp3) is 0.588. The van der Waals surface area contributed by atoms with Gasteiger partial charge in [-0.15, -0.1) is 0 Å². The van der Waals surface area contributed by atoms with Gasteiger partial charge in [0.1, 0.15) is 5.75 Å². The highest BCUT2D eigenvalue weighted by Crippen LogP contribution is 2.27. The average Bonchev–Trinajstić information content (AvgIpc) is 2.48. The van der Waals surface area contributed by atoms with Gasteiger partial charge in [0.25, 0.3) is 0 Å². The summed E-state index contributed by atoms with van der Waals surface area (Å²) >= 11 is 0. The Bertz CT molecular complexity index is 405. The van der Waals surface area contributed by atoms with Crippen LogP contribution in [-0.2, 0) is 0 Å². The molecule has 2 nitrogen and oxygen atoms in total. The van der Waals surface area contributed by atoms with Crippen molar-refractivity contribution in [2.75, 3.05) is 6.61 Å². The maximum Gasteiger partial charge on any atom is 0.166 e. The second kappa shape index (κ2) is 7.32. The third-order valence-electron chi connectivity index (χ3n) is 4.02. The summed E-state index contributed by atoms with van der Waals surface area (Å²) in [6, 6.07) is 7.60. The molecule has 1 aromatic rings. The molecule has 0 aliphatic heterocycles. The fourth-order valence-corrected chi connectivity index (χ4v) is 2.82. The van der Waals surface area contributed by atoms with Gasteiger partial charge < -0.3 is 4.74 Å². The lowest BCUT2D eigenvalue weighted by molar-refractivity contribution is 0.0983. The summed E-state index contributed by atoms with van der Waals surface area (Å²) in [7, 11) is 0. The summed E-state index contributed by atoms with van der Waals surface area (Å²) in [5.41, 5.74) is 0.730. The minimum atomic E-state index is 0.160. The summed E-state index contributed by atoms with van der Waals surface area (Å²) in [6.45, 7) is 2.62. The topological polar surface area (TPSA) is 26.3 Å². The van der Waals surface area contributed by atoms with Gasteiger partial charge in [0.15, 0.2) is 5.78 Å². The van der Waals surface area contributed by atoms with E-state index in [2.05, 4.69) is 0 Å². The number of para-hydroxylation sites is 1. The summed E-state index contributed by atoms with van der Waals surface area (Å²) in [4.78, 5) is 11.8. The Morgan fingerprint density at radius 2 is 1.95 bits per heavy atom. The first kappa shape index (κ1) is 14.1. The van der Waals surface area contributed by atoms with Crippen LogP contribution < -0.4 is 4.74 Å². The molecule has 1 saturated carbocycles. The van der Waals surface area contributed by atoms with E-state index in [4.69, 9.17) is 4.74 Å². The Morgan fingerprint density at radius 1 is 1.21 bits per heavy atom. The maximum atomic E-state index is 11.8. The standard InChI is InChI=1S/C17H24O2/c1-2-16(18)15-10-6-7-11-17(15)19-13-12-14-8-4-3-5-9-14/h6-7,10-11,14H,2-5,8-9,12-13H2,1H3. The van der Waals surface area contributed by atoms with Crippen LogP contribution in [-0.4, -0.2) is 12.4 Å². The Morgan fingerprint density at radius 3 is 2.68 bits per heavy atom. The van der Waals surface area contributed by atoms with Crippen molar-refractivity contribution in [1.29, 1.82) is 0 Å².